The van der Waals surface area contributed by atoms with E-state index in [0.717, 1.165) is 12.1 Å². The zero-order valence-electron chi connectivity index (χ0n) is 22.8. The SMILES string of the molecule is COc1ccc(-c2cc(=O)c3c(O)cc(O)c([C@@H]4OC(CO)[C@@H](O)[C@H](O)C4O[C@@H]4OC(C)[C@H](O)[C@H](O)C4O)c3o2)cc1O. The van der Waals surface area contributed by atoms with Gasteiger partial charge in [0.1, 0.15) is 71.5 Å². The van der Waals surface area contributed by atoms with Gasteiger partial charge in [-0.2, -0.15) is 0 Å². The second kappa shape index (κ2) is 11.9. The largest absolute Gasteiger partial charge is 0.507 e. The maximum Gasteiger partial charge on any atom is 0.197 e. The van der Waals surface area contributed by atoms with Crippen LogP contribution in [0.25, 0.3) is 22.3 Å². The van der Waals surface area contributed by atoms with Crippen LogP contribution in [0.2, 0.25) is 0 Å². The number of fused-ring (bicyclic) bond motifs is 1. The van der Waals surface area contributed by atoms with E-state index in [9.17, 15) is 50.8 Å². The van der Waals surface area contributed by atoms with Gasteiger partial charge in [-0.05, 0) is 25.1 Å². The number of phenolic OH excluding ortho intramolecular Hbond substituents is 3. The van der Waals surface area contributed by atoms with Gasteiger partial charge in [0.05, 0.1) is 25.4 Å². The first kappa shape index (κ1) is 30.9. The molecule has 5 rings (SSSR count). The van der Waals surface area contributed by atoms with Crippen molar-refractivity contribution in [1.82, 2.24) is 0 Å². The second-order valence-corrected chi connectivity index (χ2v) is 10.4. The van der Waals surface area contributed by atoms with Crippen molar-refractivity contribution in [2.75, 3.05) is 13.7 Å². The summed E-state index contributed by atoms with van der Waals surface area (Å²) < 4.78 is 28.1. The van der Waals surface area contributed by atoms with Gasteiger partial charge in [0, 0.05) is 17.7 Å². The number of aliphatic hydroxyl groups is 6. The third-order valence-electron chi connectivity index (χ3n) is 7.71. The van der Waals surface area contributed by atoms with Crippen molar-refractivity contribution in [2.45, 2.75) is 68.1 Å². The molecule has 0 radical (unpaired) electrons. The van der Waals surface area contributed by atoms with Crippen LogP contribution >= 0.6 is 0 Å². The van der Waals surface area contributed by atoms with Crippen LogP contribution < -0.4 is 10.2 Å². The van der Waals surface area contributed by atoms with Gasteiger partial charge in [-0.15, -0.1) is 0 Å². The molecule has 3 heterocycles. The molecular formula is C28H32O15. The molecule has 1 aromatic heterocycles. The van der Waals surface area contributed by atoms with Crippen molar-refractivity contribution in [2.24, 2.45) is 0 Å². The summed E-state index contributed by atoms with van der Waals surface area (Å²) in [6.45, 7) is 0.591. The number of aliphatic hydroxyl groups excluding tert-OH is 6. The van der Waals surface area contributed by atoms with E-state index in [2.05, 4.69) is 0 Å². The highest BCUT2D eigenvalue weighted by molar-refractivity contribution is 5.89. The summed E-state index contributed by atoms with van der Waals surface area (Å²) >= 11 is 0. The molecule has 4 unspecified atom stereocenters. The first-order valence-corrected chi connectivity index (χ1v) is 13.3. The smallest absolute Gasteiger partial charge is 0.197 e. The van der Waals surface area contributed by atoms with E-state index >= 15 is 0 Å². The fraction of sp³-hybridized carbons (Fsp3) is 0.464. The highest BCUT2D eigenvalue weighted by Gasteiger charge is 2.51. The summed E-state index contributed by atoms with van der Waals surface area (Å²) in [5, 5.41) is 93.9. The van der Waals surface area contributed by atoms with E-state index in [1.54, 1.807) is 0 Å². The van der Waals surface area contributed by atoms with Crippen LogP contribution in [0.5, 0.6) is 23.0 Å². The molecule has 9 N–H and O–H groups in total. The summed E-state index contributed by atoms with van der Waals surface area (Å²) in [5.41, 5.74) is -1.34. The molecule has 0 amide bonds. The van der Waals surface area contributed by atoms with Gasteiger partial charge in [-0.1, -0.05) is 0 Å². The minimum absolute atomic E-state index is 0.119. The van der Waals surface area contributed by atoms with Crippen LogP contribution in [-0.4, -0.2) is 115 Å². The molecule has 2 fully saturated rings. The quantitative estimate of drug-likeness (QED) is 0.162. The molecule has 0 aliphatic carbocycles. The average Bonchev–Trinajstić information content (AvgIpc) is 2.97. The van der Waals surface area contributed by atoms with E-state index in [-0.39, 0.29) is 28.4 Å². The Hall–Kier alpha value is -3.51. The van der Waals surface area contributed by atoms with Crippen LogP contribution in [0.4, 0.5) is 0 Å². The second-order valence-electron chi connectivity index (χ2n) is 10.4. The zero-order chi connectivity index (χ0) is 31.3. The van der Waals surface area contributed by atoms with Crippen LogP contribution in [0.3, 0.4) is 0 Å². The number of ether oxygens (including phenoxy) is 4. The fourth-order valence-electron chi connectivity index (χ4n) is 5.34. The minimum Gasteiger partial charge on any atom is -0.507 e. The van der Waals surface area contributed by atoms with Crippen molar-refractivity contribution < 1.29 is 69.3 Å². The number of benzene rings is 2. The highest BCUT2D eigenvalue weighted by Crippen LogP contribution is 2.45. The van der Waals surface area contributed by atoms with E-state index < -0.39 is 95.7 Å². The van der Waals surface area contributed by atoms with Crippen molar-refractivity contribution >= 4 is 11.0 Å². The summed E-state index contributed by atoms with van der Waals surface area (Å²) in [6, 6.07) is 6.00. The Bertz CT molecular complexity index is 1540. The Labute approximate surface area is 242 Å². The van der Waals surface area contributed by atoms with E-state index in [1.807, 2.05) is 0 Å². The molecule has 0 spiro atoms. The van der Waals surface area contributed by atoms with E-state index in [4.69, 9.17) is 23.4 Å². The minimum atomic E-state index is -1.87. The zero-order valence-corrected chi connectivity index (χ0v) is 22.8. The molecule has 43 heavy (non-hydrogen) atoms. The molecule has 15 heteroatoms. The topological polar surface area (TPSA) is 249 Å². The van der Waals surface area contributed by atoms with Gasteiger partial charge in [-0.25, -0.2) is 0 Å². The maximum atomic E-state index is 13.2. The third kappa shape index (κ3) is 5.39. The number of hydrogen-bond acceptors (Lipinski definition) is 15. The predicted molar refractivity (Wildman–Crippen MR) is 143 cm³/mol. The average molecular weight is 609 g/mol. The molecule has 0 saturated carbocycles. The predicted octanol–water partition coefficient (Wildman–Crippen LogP) is -1.05. The van der Waals surface area contributed by atoms with E-state index in [0.29, 0.717) is 0 Å². The monoisotopic (exact) mass is 608 g/mol. The normalized spacial score (nSPS) is 33.0. The Morgan fingerprint density at radius 3 is 2.21 bits per heavy atom. The Kier molecular flexibility index (Phi) is 8.54. The highest BCUT2D eigenvalue weighted by atomic mass is 16.7. The molecule has 3 aromatic rings. The molecular weight excluding hydrogens is 576 g/mol. The molecule has 2 aliphatic rings. The Morgan fingerprint density at radius 2 is 1.56 bits per heavy atom. The summed E-state index contributed by atoms with van der Waals surface area (Å²) in [7, 11) is 1.34. The standard InChI is InChI=1S/C28H32O15/c1-9-20(34)22(36)24(38)28(40-9)43-27-23(37)21(35)17(8-29)42-26(27)19-13(32)6-12(31)18-14(33)7-16(41-25(18)19)10-3-4-15(39-2)11(30)5-10/h3-7,9,17,20-24,26-32,34-38H,8H2,1-2H3/t9?,17?,20-,21+,22-,23-,24?,26-,27?,28-/m0/s1. The summed E-state index contributed by atoms with van der Waals surface area (Å²) in [6.07, 6.45) is -16.2. The van der Waals surface area contributed by atoms with Gasteiger partial charge < -0.3 is 69.3 Å². The first-order chi connectivity index (χ1) is 20.4. The van der Waals surface area contributed by atoms with Crippen molar-refractivity contribution in [3.63, 3.8) is 0 Å². The van der Waals surface area contributed by atoms with Crippen LogP contribution in [0.1, 0.15) is 18.6 Å². The molecule has 234 valence electrons. The van der Waals surface area contributed by atoms with Crippen molar-refractivity contribution in [3.8, 4) is 34.3 Å². The number of rotatable bonds is 6. The van der Waals surface area contributed by atoms with Gasteiger partial charge in [0.2, 0.25) is 0 Å². The van der Waals surface area contributed by atoms with Crippen LogP contribution in [-0.2, 0) is 14.2 Å². The third-order valence-corrected chi connectivity index (χ3v) is 7.71. The lowest BCUT2D eigenvalue weighted by atomic mass is 9.89. The molecule has 2 aliphatic heterocycles. The van der Waals surface area contributed by atoms with Gasteiger partial charge in [0.25, 0.3) is 0 Å². The Morgan fingerprint density at radius 1 is 0.837 bits per heavy atom. The van der Waals surface area contributed by atoms with Gasteiger partial charge in [-0.3, -0.25) is 4.79 Å². The lowest BCUT2D eigenvalue weighted by Gasteiger charge is -2.46. The first-order valence-electron chi connectivity index (χ1n) is 13.3. The number of aromatic hydroxyl groups is 3. The van der Waals surface area contributed by atoms with Crippen LogP contribution in [0.15, 0.2) is 39.5 Å². The molecule has 2 aromatic carbocycles. The molecule has 15 nitrogen and oxygen atoms in total. The summed E-state index contributed by atoms with van der Waals surface area (Å²) in [5.74, 6) is -1.62. The fourth-order valence-corrected chi connectivity index (χ4v) is 5.34. The summed E-state index contributed by atoms with van der Waals surface area (Å²) in [4.78, 5) is 13.2. The molecule has 0 bridgehead atoms. The molecule has 2 saturated heterocycles. The maximum absolute atomic E-state index is 13.2. The van der Waals surface area contributed by atoms with Gasteiger partial charge in [0.15, 0.2) is 28.8 Å². The lowest BCUT2D eigenvalue weighted by Crippen LogP contribution is -2.61. The van der Waals surface area contributed by atoms with E-state index in [1.165, 1.54) is 32.2 Å². The van der Waals surface area contributed by atoms with Crippen LogP contribution in [0, 0.1) is 0 Å². The number of hydrogen-bond donors (Lipinski definition) is 9. The lowest BCUT2D eigenvalue weighted by molar-refractivity contribution is -0.338. The molecule has 10 atom stereocenters. The number of methoxy groups -OCH3 is 1. The van der Waals surface area contributed by atoms with Crippen molar-refractivity contribution in [1.29, 1.82) is 0 Å². The van der Waals surface area contributed by atoms with Crippen molar-refractivity contribution in [3.05, 3.63) is 46.1 Å². The number of phenols is 3. The Balaban J connectivity index is 1.67. The van der Waals surface area contributed by atoms with Gasteiger partial charge >= 0.3 is 0 Å².